The van der Waals surface area contributed by atoms with Crippen molar-refractivity contribution in [2.24, 2.45) is 0 Å². The summed E-state index contributed by atoms with van der Waals surface area (Å²) in [5, 5.41) is 0. The number of rotatable bonds is 0. The van der Waals surface area contributed by atoms with E-state index in [-0.39, 0.29) is 1.43 Å². The number of aromatic amines is 1. The average Bonchev–Trinajstić information content (AvgIpc) is 2.51. The molecule has 0 unspecified atom stereocenters. The highest BCUT2D eigenvalue weighted by atomic mass is 14.9. The number of fused-ring (bicyclic) bond motifs is 1. The van der Waals surface area contributed by atoms with E-state index in [1.807, 2.05) is 34.6 Å². The lowest BCUT2D eigenvalue weighted by Crippen LogP contribution is -1.73. The second kappa shape index (κ2) is 8.04. The Balaban J connectivity index is 0. The second-order valence-corrected chi connectivity index (χ2v) is 2.66. The molecule has 1 aliphatic rings. The van der Waals surface area contributed by atoms with E-state index < -0.39 is 0 Å². The third-order valence-electron chi connectivity index (χ3n) is 1.71. The summed E-state index contributed by atoms with van der Waals surface area (Å²) < 4.78 is 0. The SMILES string of the molecule is CC.CC.Cc1nc2c([nH]1)C=CCC=C2.[HH]. The van der Waals surface area contributed by atoms with Gasteiger partial charge in [0.2, 0.25) is 0 Å². The van der Waals surface area contributed by atoms with E-state index in [1.54, 1.807) is 0 Å². The van der Waals surface area contributed by atoms with E-state index in [9.17, 15) is 0 Å². The van der Waals surface area contributed by atoms with Gasteiger partial charge in [-0.15, -0.1) is 0 Å². The van der Waals surface area contributed by atoms with Crippen LogP contribution in [-0.4, -0.2) is 9.97 Å². The van der Waals surface area contributed by atoms with Crippen LogP contribution in [0.15, 0.2) is 12.2 Å². The lowest BCUT2D eigenvalue weighted by atomic mass is 10.3. The first kappa shape index (κ1) is 13.7. The number of imidazole rings is 1. The fraction of sp³-hybridized carbons (Fsp3) is 0.462. The molecule has 1 aromatic heterocycles. The summed E-state index contributed by atoms with van der Waals surface area (Å²) in [5.74, 6) is 0.978. The Bertz CT molecular complexity index is 295. The minimum atomic E-state index is 0. The molecule has 1 aromatic rings. The molecular formula is C13H24N2. The van der Waals surface area contributed by atoms with Gasteiger partial charge in [-0.2, -0.15) is 0 Å². The van der Waals surface area contributed by atoms with Crippen molar-refractivity contribution in [2.45, 2.75) is 41.0 Å². The van der Waals surface area contributed by atoms with Crippen molar-refractivity contribution >= 4 is 12.2 Å². The topological polar surface area (TPSA) is 28.7 Å². The van der Waals surface area contributed by atoms with Crippen molar-refractivity contribution in [2.75, 3.05) is 0 Å². The van der Waals surface area contributed by atoms with Crippen LogP contribution in [0, 0.1) is 6.92 Å². The van der Waals surface area contributed by atoms with Crippen LogP contribution >= 0.6 is 0 Å². The molecule has 0 spiro atoms. The zero-order chi connectivity index (χ0) is 11.7. The number of hydrogen-bond acceptors (Lipinski definition) is 1. The van der Waals surface area contributed by atoms with E-state index in [4.69, 9.17) is 0 Å². The molecule has 0 amide bonds. The van der Waals surface area contributed by atoms with Gasteiger partial charge in [0.25, 0.3) is 0 Å². The van der Waals surface area contributed by atoms with Crippen molar-refractivity contribution in [3.8, 4) is 0 Å². The van der Waals surface area contributed by atoms with Gasteiger partial charge in [-0.3, -0.25) is 0 Å². The van der Waals surface area contributed by atoms with Gasteiger partial charge in [0.1, 0.15) is 5.82 Å². The number of aryl methyl sites for hydroxylation is 1. The Morgan fingerprint density at radius 1 is 1.13 bits per heavy atom. The highest BCUT2D eigenvalue weighted by Crippen LogP contribution is 2.13. The van der Waals surface area contributed by atoms with E-state index in [0.29, 0.717) is 0 Å². The third kappa shape index (κ3) is 4.15. The molecule has 0 fully saturated rings. The number of allylic oxidation sites excluding steroid dienone is 2. The standard InChI is InChI=1S/C9H10N2.2C2H6.H2/c1-7-10-8-5-3-2-4-6-9(8)11-7;2*1-2;/h3-6H,2H2,1H3,(H,10,11);2*1-2H3;1H. The molecule has 2 rings (SSSR count). The summed E-state index contributed by atoms with van der Waals surface area (Å²) in [4.78, 5) is 7.50. The van der Waals surface area contributed by atoms with Crippen LogP contribution in [0.3, 0.4) is 0 Å². The molecule has 0 saturated heterocycles. The predicted octanol–water partition coefficient (Wildman–Crippen LogP) is 4.45. The Kier molecular flexibility index (Phi) is 7.33. The molecule has 1 N–H and O–H groups in total. The molecule has 0 atom stereocenters. The summed E-state index contributed by atoms with van der Waals surface area (Å²) in [6.45, 7) is 9.97. The van der Waals surface area contributed by atoms with Gasteiger partial charge >= 0.3 is 0 Å². The van der Waals surface area contributed by atoms with Gasteiger partial charge < -0.3 is 4.98 Å². The summed E-state index contributed by atoms with van der Waals surface area (Å²) in [6.07, 6.45) is 9.37. The largest absolute Gasteiger partial charge is 0.342 e. The maximum Gasteiger partial charge on any atom is 0.104 e. The Morgan fingerprint density at radius 2 is 1.73 bits per heavy atom. The molecule has 0 radical (unpaired) electrons. The van der Waals surface area contributed by atoms with Gasteiger partial charge in [0.15, 0.2) is 0 Å². The third-order valence-corrected chi connectivity index (χ3v) is 1.71. The van der Waals surface area contributed by atoms with Crippen LogP contribution in [0.4, 0.5) is 0 Å². The van der Waals surface area contributed by atoms with Crippen molar-refractivity contribution < 1.29 is 1.43 Å². The highest BCUT2D eigenvalue weighted by molar-refractivity contribution is 5.62. The number of nitrogens with zero attached hydrogens (tertiary/aromatic N) is 1. The van der Waals surface area contributed by atoms with Crippen LogP contribution in [-0.2, 0) is 0 Å². The van der Waals surface area contributed by atoms with Crippen LogP contribution in [0.1, 0.15) is 52.8 Å². The fourth-order valence-electron chi connectivity index (χ4n) is 1.23. The van der Waals surface area contributed by atoms with E-state index in [0.717, 1.165) is 23.6 Å². The predicted molar refractivity (Wildman–Crippen MR) is 70.8 cm³/mol. The summed E-state index contributed by atoms with van der Waals surface area (Å²) in [7, 11) is 0. The normalized spacial score (nSPS) is 11.5. The van der Waals surface area contributed by atoms with Crippen LogP contribution in [0.25, 0.3) is 12.2 Å². The molecule has 2 heteroatoms. The van der Waals surface area contributed by atoms with Gasteiger partial charge in [-0.1, -0.05) is 39.8 Å². The fourth-order valence-corrected chi connectivity index (χ4v) is 1.23. The number of hydrogen-bond donors (Lipinski definition) is 1. The molecule has 1 heterocycles. The molecule has 2 nitrogen and oxygen atoms in total. The molecular weight excluding hydrogens is 184 g/mol. The van der Waals surface area contributed by atoms with Crippen LogP contribution in [0.5, 0.6) is 0 Å². The first-order valence-electron chi connectivity index (χ1n) is 5.76. The molecule has 86 valence electrons. The molecule has 0 bridgehead atoms. The lowest BCUT2D eigenvalue weighted by Gasteiger charge is -1.84. The Morgan fingerprint density at radius 3 is 2.40 bits per heavy atom. The minimum Gasteiger partial charge on any atom is -0.342 e. The maximum absolute atomic E-state index is 4.32. The Hall–Kier alpha value is -1.31. The maximum atomic E-state index is 4.32. The van der Waals surface area contributed by atoms with Gasteiger partial charge in [0, 0.05) is 1.43 Å². The van der Waals surface area contributed by atoms with E-state index >= 15 is 0 Å². The number of aromatic nitrogens is 2. The average molecular weight is 208 g/mol. The monoisotopic (exact) mass is 208 g/mol. The molecule has 15 heavy (non-hydrogen) atoms. The summed E-state index contributed by atoms with van der Waals surface area (Å²) in [5.41, 5.74) is 2.17. The highest BCUT2D eigenvalue weighted by Gasteiger charge is 2.02. The Labute approximate surface area is 94.6 Å². The first-order valence-corrected chi connectivity index (χ1v) is 5.76. The van der Waals surface area contributed by atoms with Crippen LogP contribution in [0.2, 0.25) is 0 Å². The van der Waals surface area contributed by atoms with Crippen molar-refractivity contribution in [1.82, 2.24) is 9.97 Å². The van der Waals surface area contributed by atoms with Crippen molar-refractivity contribution in [3.63, 3.8) is 0 Å². The lowest BCUT2D eigenvalue weighted by molar-refractivity contribution is 1.14. The number of nitrogens with one attached hydrogen (secondary N) is 1. The van der Waals surface area contributed by atoms with Crippen molar-refractivity contribution in [1.29, 1.82) is 0 Å². The van der Waals surface area contributed by atoms with Gasteiger partial charge in [-0.25, -0.2) is 4.98 Å². The summed E-state index contributed by atoms with van der Waals surface area (Å²) >= 11 is 0. The van der Waals surface area contributed by atoms with Crippen molar-refractivity contribution in [3.05, 3.63) is 29.4 Å². The first-order chi connectivity index (χ1) is 7.36. The second-order valence-electron chi connectivity index (χ2n) is 2.66. The molecule has 0 aliphatic heterocycles. The minimum absolute atomic E-state index is 0. The van der Waals surface area contributed by atoms with Crippen LogP contribution < -0.4 is 0 Å². The van der Waals surface area contributed by atoms with Gasteiger partial charge in [0.05, 0.1) is 11.4 Å². The van der Waals surface area contributed by atoms with Gasteiger partial charge in [-0.05, 0) is 25.5 Å². The molecule has 1 aliphatic carbocycles. The zero-order valence-electron chi connectivity index (χ0n) is 10.5. The van der Waals surface area contributed by atoms with E-state index in [1.165, 1.54) is 0 Å². The summed E-state index contributed by atoms with van der Waals surface area (Å²) in [6, 6.07) is 0. The van der Waals surface area contributed by atoms with E-state index in [2.05, 4.69) is 34.3 Å². The molecule has 0 aromatic carbocycles. The quantitative estimate of drug-likeness (QED) is 0.670. The number of H-pyrrole nitrogens is 1. The molecule has 0 saturated carbocycles. The zero-order valence-corrected chi connectivity index (χ0v) is 10.5. The smallest absolute Gasteiger partial charge is 0.104 e.